The van der Waals surface area contributed by atoms with Gasteiger partial charge in [0.25, 0.3) is 0 Å². The zero-order valence-electron chi connectivity index (χ0n) is 6.20. The Morgan fingerprint density at radius 3 is 3.09 bits per heavy atom. The molecule has 0 radical (unpaired) electrons. The highest BCUT2D eigenvalue weighted by Crippen LogP contribution is 2.11. The minimum atomic E-state index is 0.352. The predicted molar refractivity (Wildman–Crippen MR) is 43.4 cm³/mol. The fraction of sp³-hybridized carbons (Fsp3) is 0.600. The monoisotopic (exact) mass is 174 g/mol. The van der Waals surface area contributed by atoms with Gasteiger partial charge in [-0.05, 0) is 0 Å². The van der Waals surface area contributed by atoms with Crippen molar-refractivity contribution in [2.24, 2.45) is 0 Å². The molecule has 0 aliphatic carbocycles. The van der Waals surface area contributed by atoms with Crippen LogP contribution in [0.3, 0.4) is 0 Å². The lowest BCUT2D eigenvalue weighted by Gasteiger charge is -1.93. The van der Waals surface area contributed by atoms with Crippen LogP contribution in [-0.4, -0.2) is 34.7 Å². The predicted octanol–water partition coefficient (Wildman–Crippen LogP) is 0.125. The number of anilines is 1. The third kappa shape index (κ3) is 2.77. The minimum absolute atomic E-state index is 0.352. The number of nitrogens with zero attached hydrogens (tertiary/aromatic N) is 2. The van der Waals surface area contributed by atoms with Gasteiger partial charge in [0.2, 0.25) is 11.1 Å². The molecule has 3 N–H and O–H groups in total. The van der Waals surface area contributed by atoms with Crippen LogP contribution in [0.1, 0.15) is 0 Å². The zero-order chi connectivity index (χ0) is 8.10. The third-order valence-electron chi connectivity index (χ3n) is 1.00. The molecular weight excluding hydrogens is 164 g/mol. The van der Waals surface area contributed by atoms with E-state index in [9.17, 15) is 0 Å². The Balaban J connectivity index is 2.27. The van der Waals surface area contributed by atoms with Crippen molar-refractivity contribution >= 4 is 17.7 Å². The summed E-state index contributed by atoms with van der Waals surface area (Å²) in [5, 5.41) is 7.05. The highest BCUT2D eigenvalue weighted by molar-refractivity contribution is 7.99. The molecule has 0 fully saturated rings. The molecule has 0 spiro atoms. The summed E-state index contributed by atoms with van der Waals surface area (Å²) in [5.41, 5.74) is 5.31. The standard InChI is InChI=1S/C5H10N4OS/c1-10-2-3-11-5-7-4(6)8-9-5/h2-3H2,1H3,(H3,6,7,8,9). The lowest BCUT2D eigenvalue weighted by Crippen LogP contribution is -1.91. The molecule has 1 aromatic heterocycles. The number of aromatic amines is 1. The summed E-state index contributed by atoms with van der Waals surface area (Å²) in [6, 6.07) is 0. The van der Waals surface area contributed by atoms with E-state index < -0.39 is 0 Å². The van der Waals surface area contributed by atoms with Crippen LogP contribution in [-0.2, 0) is 4.74 Å². The Morgan fingerprint density at radius 1 is 1.73 bits per heavy atom. The van der Waals surface area contributed by atoms with Gasteiger partial charge in [-0.25, -0.2) is 5.10 Å². The van der Waals surface area contributed by atoms with Gasteiger partial charge in [-0.1, -0.05) is 11.8 Å². The fourth-order valence-electron chi connectivity index (χ4n) is 0.539. The van der Waals surface area contributed by atoms with Crippen molar-refractivity contribution in [2.75, 3.05) is 25.2 Å². The third-order valence-corrected chi connectivity index (χ3v) is 1.81. The molecule has 0 saturated heterocycles. The molecule has 0 atom stereocenters. The second kappa shape index (κ2) is 4.20. The first-order chi connectivity index (χ1) is 5.33. The number of aromatic nitrogens is 3. The Morgan fingerprint density at radius 2 is 2.55 bits per heavy atom. The first-order valence-corrected chi connectivity index (χ1v) is 4.11. The number of hydrogen-bond acceptors (Lipinski definition) is 5. The average molecular weight is 174 g/mol. The molecule has 5 nitrogen and oxygen atoms in total. The van der Waals surface area contributed by atoms with Crippen molar-refractivity contribution in [3.63, 3.8) is 0 Å². The summed E-state index contributed by atoms with van der Waals surface area (Å²) < 4.78 is 4.85. The van der Waals surface area contributed by atoms with Crippen LogP contribution < -0.4 is 5.73 Å². The summed E-state index contributed by atoms with van der Waals surface area (Å²) in [4.78, 5) is 3.90. The van der Waals surface area contributed by atoms with E-state index in [0.29, 0.717) is 17.7 Å². The van der Waals surface area contributed by atoms with E-state index in [2.05, 4.69) is 15.2 Å². The Hall–Kier alpha value is -0.750. The van der Waals surface area contributed by atoms with E-state index in [4.69, 9.17) is 10.5 Å². The van der Waals surface area contributed by atoms with Gasteiger partial charge in [0.05, 0.1) is 6.61 Å². The number of hydrogen-bond donors (Lipinski definition) is 2. The SMILES string of the molecule is COCCSc1n[nH]c(N)n1. The number of rotatable bonds is 4. The van der Waals surface area contributed by atoms with Crippen LogP contribution in [0, 0.1) is 0 Å². The molecule has 62 valence electrons. The number of nitrogens with two attached hydrogens (primary N) is 1. The molecule has 1 rings (SSSR count). The quantitative estimate of drug-likeness (QED) is 0.501. The molecule has 0 aromatic carbocycles. The van der Waals surface area contributed by atoms with Crippen molar-refractivity contribution in [2.45, 2.75) is 5.16 Å². The lowest BCUT2D eigenvalue weighted by molar-refractivity contribution is 0.218. The van der Waals surface area contributed by atoms with Crippen molar-refractivity contribution in [3.05, 3.63) is 0 Å². The van der Waals surface area contributed by atoms with E-state index in [1.807, 2.05) is 0 Å². The molecule has 6 heteroatoms. The van der Waals surface area contributed by atoms with Gasteiger partial charge < -0.3 is 10.5 Å². The number of ether oxygens (including phenoxy) is 1. The molecule has 0 aliphatic rings. The summed E-state index contributed by atoms with van der Waals surface area (Å²) in [5.74, 6) is 1.19. The molecular formula is C5H10N4OS. The van der Waals surface area contributed by atoms with Crippen LogP contribution in [0.15, 0.2) is 5.16 Å². The number of nitrogen functional groups attached to an aromatic ring is 1. The van der Waals surface area contributed by atoms with Crippen molar-refractivity contribution in [3.8, 4) is 0 Å². The van der Waals surface area contributed by atoms with Gasteiger partial charge >= 0.3 is 0 Å². The van der Waals surface area contributed by atoms with E-state index in [1.54, 1.807) is 7.11 Å². The summed E-state index contributed by atoms with van der Waals surface area (Å²) in [7, 11) is 1.66. The van der Waals surface area contributed by atoms with E-state index >= 15 is 0 Å². The van der Waals surface area contributed by atoms with Gasteiger partial charge in [0.1, 0.15) is 0 Å². The van der Waals surface area contributed by atoms with E-state index in [-0.39, 0.29) is 0 Å². The Bertz CT molecular complexity index is 214. The van der Waals surface area contributed by atoms with Gasteiger partial charge in [0, 0.05) is 12.9 Å². The lowest BCUT2D eigenvalue weighted by atomic mass is 10.9. The second-order valence-electron chi connectivity index (χ2n) is 1.84. The van der Waals surface area contributed by atoms with Crippen molar-refractivity contribution < 1.29 is 4.74 Å². The maximum Gasteiger partial charge on any atom is 0.216 e. The van der Waals surface area contributed by atoms with Crippen LogP contribution in [0.2, 0.25) is 0 Å². The van der Waals surface area contributed by atoms with Crippen LogP contribution in [0.4, 0.5) is 5.95 Å². The summed E-state index contributed by atoms with van der Waals surface area (Å²) in [6.07, 6.45) is 0. The number of H-pyrrole nitrogens is 1. The van der Waals surface area contributed by atoms with Crippen LogP contribution in [0.25, 0.3) is 0 Å². The molecule has 0 unspecified atom stereocenters. The van der Waals surface area contributed by atoms with Gasteiger partial charge in [-0.3, -0.25) is 0 Å². The molecule has 11 heavy (non-hydrogen) atoms. The average Bonchev–Trinajstić information content (AvgIpc) is 2.37. The maximum absolute atomic E-state index is 5.31. The first kappa shape index (κ1) is 8.35. The highest BCUT2D eigenvalue weighted by atomic mass is 32.2. The van der Waals surface area contributed by atoms with Crippen molar-refractivity contribution in [1.82, 2.24) is 15.2 Å². The smallest absolute Gasteiger partial charge is 0.216 e. The zero-order valence-corrected chi connectivity index (χ0v) is 7.02. The number of thioether (sulfide) groups is 1. The van der Waals surface area contributed by atoms with E-state index in [1.165, 1.54) is 11.8 Å². The largest absolute Gasteiger partial charge is 0.384 e. The first-order valence-electron chi connectivity index (χ1n) is 3.12. The highest BCUT2D eigenvalue weighted by Gasteiger charge is 1.98. The normalized spacial score (nSPS) is 10.3. The van der Waals surface area contributed by atoms with E-state index in [0.717, 1.165) is 5.75 Å². The molecule has 0 amide bonds. The van der Waals surface area contributed by atoms with Crippen molar-refractivity contribution in [1.29, 1.82) is 0 Å². The second-order valence-corrected chi connectivity index (χ2v) is 2.91. The molecule has 0 saturated carbocycles. The molecule has 1 aromatic rings. The van der Waals surface area contributed by atoms with Gasteiger partial charge in [-0.15, -0.1) is 5.10 Å². The Labute approximate surface area is 68.7 Å². The topological polar surface area (TPSA) is 76.8 Å². The Kier molecular flexibility index (Phi) is 3.18. The molecule has 0 aliphatic heterocycles. The number of methoxy groups -OCH3 is 1. The summed E-state index contributed by atoms with van der Waals surface area (Å²) >= 11 is 1.51. The molecule has 1 heterocycles. The van der Waals surface area contributed by atoms with Crippen LogP contribution in [0.5, 0.6) is 0 Å². The number of nitrogens with one attached hydrogen (secondary N) is 1. The summed E-state index contributed by atoms with van der Waals surface area (Å²) in [6.45, 7) is 0.694. The van der Waals surface area contributed by atoms with Crippen LogP contribution >= 0.6 is 11.8 Å². The fourth-order valence-corrected chi connectivity index (χ4v) is 1.24. The molecule has 0 bridgehead atoms. The minimum Gasteiger partial charge on any atom is -0.384 e. The van der Waals surface area contributed by atoms with Gasteiger partial charge in [-0.2, -0.15) is 4.98 Å². The van der Waals surface area contributed by atoms with Gasteiger partial charge in [0.15, 0.2) is 0 Å². The maximum atomic E-state index is 5.31.